The van der Waals surface area contributed by atoms with Crippen LogP contribution in [0, 0.1) is 6.92 Å². The monoisotopic (exact) mass is 601 g/mol. The number of halogens is 3. The third kappa shape index (κ3) is 8.29. The van der Waals surface area contributed by atoms with E-state index >= 15 is 0 Å². The van der Waals surface area contributed by atoms with Crippen molar-refractivity contribution in [1.29, 1.82) is 0 Å². The summed E-state index contributed by atoms with van der Waals surface area (Å²) in [4.78, 5) is 34.0. The van der Waals surface area contributed by atoms with Gasteiger partial charge >= 0.3 is 6.18 Å². The molecule has 4 heterocycles. The zero-order valence-electron chi connectivity index (χ0n) is 23.8. The molecule has 2 fully saturated rings. The zero-order valence-corrected chi connectivity index (χ0v) is 23.8. The van der Waals surface area contributed by atoms with Gasteiger partial charge in [-0.25, -0.2) is 4.68 Å². The number of piperazine rings is 1. The van der Waals surface area contributed by atoms with Crippen molar-refractivity contribution in [2.24, 2.45) is 0 Å². The average Bonchev–Trinajstić information content (AvgIpc) is 3.36. The first-order valence-corrected chi connectivity index (χ1v) is 14.2. The van der Waals surface area contributed by atoms with Crippen molar-refractivity contribution in [3.8, 4) is 5.75 Å². The van der Waals surface area contributed by atoms with Gasteiger partial charge in [-0.1, -0.05) is 23.4 Å². The fourth-order valence-corrected chi connectivity index (χ4v) is 5.01. The van der Waals surface area contributed by atoms with Crippen LogP contribution in [0.3, 0.4) is 0 Å². The summed E-state index contributed by atoms with van der Waals surface area (Å²) in [6.45, 7) is 5.04. The molecule has 1 N–H and O–H groups in total. The third-order valence-electron chi connectivity index (χ3n) is 7.52. The van der Waals surface area contributed by atoms with Gasteiger partial charge in [0.25, 0.3) is 11.8 Å². The van der Waals surface area contributed by atoms with E-state index in [0.717, 1.165) is 24.0 Å². The lowest BCUT2D eigenvalue weighted by Gasteiger charge is -2.34. The van der Waals surface area contributed by atoms with Crippen molar-refractivity contribution in [2.45, 2.75) is 45.1 Å². The Labute approximate surface area is 247 Å². The van der Waals surface area contributed by atoms with Gasteiger partial charge in [-0.2, -0.15) is 13.2 Å². The zero-order chi connectivity index (χ0) is 30.4. The highest BCUT2D eigenvalue weighted by Crippen LogP contribution is 2.20. The number of carbonyl (C=O) groups excluding carboxylic acids is 2. The maximum absolute atomic E-state index is 13.2. The summed E-state index contributed by atoms with van der Waals surface area (Å²) in [5.41, 5.74) is 3.04. The number of aromatic nitrogens is 4. The molecule has 0 spiro atoms. The molecule has 230 valence electrons. The number of nitrogens with zero attached hydrogens (tertiary/aromatic N) is 6. The first-order valence-electron chi connectivity index (χ1n) is 14.2. The lowest BCUT2D eigenvalue weighted by atomic mass is 10.1. The van der Waals surface area contributed by atoms with E-state index in [9.17, 15) is 22.8 Å². The molecule has 3 aromatic rings. The first kappa shape index (κ1) is 30.4. The van der Waals surface area contributed by atoms with Crippen molar-refractivity contribution in [2.75, 3.05) is 46.0 Å². The van der Waals surface area contributed by atoms with E-state index in [2.05, 4.69) is 25.5 Å². The minimum Gasteiger partial charge on any atom is -0.484 e. The van der Waals surface area contributed by atoms with E-state index in [4.69, 9.17) is 9.47 Å². The smallest absolute Gasteiger partial charge is 0.422 e. The molecule has 2 saturated heterocycles. The van der Waals surface area contributed by atoms with Gasteiger partial charge in [-0.15, -0.1) is 5.10 Å². The number of ether oxygens (including phenoxy) is 2. The molecule has 0 saturated carbocycles. The Hall–Kier alpha value is -4.04. The molecular formula is C29H34F3N7O4. The van der Waals surface area contributed by atoms with Crippen LogP contribution in [0.1, 0.15) is 50.6 Å². The van der Waals surface area contributed by atoms with Gasteiger partial charge < -0.3 is 19.7 Å². The number of pyridine rings is 1. The Bertz CT molecular complexity index is 1380. The van der Waals surface area contributed by atoms with Crippen LogP contribution in [0.15, 0.2) is 42.6 Å². The maximum atomic E-state index is 13.2. The molecule has 14 heteroatoms. The van der Waals surface area contributed by atoms with Crippen molar-refractivity contribution in [3.63, 3.8) is 0 Å². The van der Waals surface area contributed by atoms with E-state index in [1.54, 1.807) is 40.9 Å². The average molecular weight is 602 g/mol. The maximum Gasteiger partial charge on any atom is 0.422 e. The van der Waals surface area contributed by atoms with Crippen molar-refractivity contribution in [1.82, 2.24) is 35.1 Å². The van der Waals surface area contributed by atoms with Crippen LogP contribution in [-0.2, 0) is 17.8 Å². The number of carbonyl (C=O) groups is 2. The molecule has 2 aromatic heterocycles. The molecule has 0 bridgehead atoms. The number of nitrogens with one attached hydrogen (secondary N) is 1. The number of hydrogen-bond donors (Lipinski definition) is 1. The molecular weight excluding hydrogens is 567 g/mol. The Morgan fingerprint density at radius 3 is 2.35 bits per heavy atom. The first-order chi connectivity index (χ1) is 20.6. The third-order valence-corrected chi connectivity index (χ3v) is 7.52. The van der Waals surface area contributed by atoms with Crippen LogP contribution in [0.25, 0.3) is 0 Å². The van der Waals surface area contributed by atoms with Crippen LogP contribution >= 0.6 is 0 Å². The number of rotatable bonds is 9. The van der Waals surface area contributed by atoms with E-state index in [1.807, 2.05) is 6.07 Å². The molecule has 0 atom stereocenters. The molecule has 5 rings (SSSR count). The Morgan fingerprint density at radius 1 is 1.00 bits per heavy atom. The largest absolute Gasteiger partial charge is 0.484 e. The number of alkyl halides is 3. The van der Waals surface area contributed by atoms with Crippen LogP contribution in [0.5, 0.6) is 5.75 Å². The van der Waals surface area contributed by atoms with E-state index < -0.39 is 12.8 Å². The molecule has 2 aliphatic heterocycles. The molecule has 2 amide bonds. The summed E-state index contributed by atoms with van der Waals surface area (Å²) >= 11 is 0. The second-order valence-electron chi connectivity index (χ2n) is 10.7. The highest BCUT2D eigenvalue weighted by molar-refractivity contribution is 5.93. The van der Waals surface area contributed by atoms with Crippen molar-refractivity contribution < 1.29 is 32.2 Å². The standard InChI is InChI=1S/C29H34F3N7O4/c1-20-26(35-36-39(20)18-22-4-7-25(33-16-22)27(40)34-23-8-14-42-15-9-23)28(41)38-12-10-37(11-13-38)17-21-2-5-24(6-3-21)43-19-29(30,31)32/h2-7,16,23H,8-15,17-19H2,1H3,(H,34,40). The van der Waals surface area contributed by atoms with E-state index in [1.165, 1.54) is 12.1 Å². The Balaban J connectivity index is 1.09. The van der Waals surface area contributed by atoms with Crippen LogP contribution in [-0.4, -0.2) is 99.8 Å². The molecule has 2 aliphatic rings. The number of benzene rings is 1. The molecule has 1 aromatic carbocycles. The van der Waals surface area contributed by atoms with Gasteiger partial charge in [0.2, 0.25) is 0 Å². The highest BCUT2D eigenvalue weighted by atomic mass is 19.4. The minimum atomic E-state index is -4.38. The van der Waals surface area contributed by atoms with Crippen LogP contribution in [0.4, 0.5) is 13.2 Å². The molecule has 43 heavy (non-hydrogen) atoms. The Morgan fingerprint density at radius 2 is 1.70 bits per heavy atom. The lowest BCUT2D eigenvalue weighted by Crippen LogP contribution is -2.48. The second kappa shape index (κ2) is 13.5. The van der Waals surface area contributed by atoms with Gasteiger partial charge in [0.1, 0.15) is 11.4 Å². The molecule has 0 unspecified atom stereocenters. The topological polar surface area (TPSA) is 115 Å². The fourth-order valence-electron chi connectivity index (χ4n) is 5.01. The summed E-state index contributed by atoms with van der Waals surface area (Å²) in [6, 6.07) is 10.1. The predicted octanol–water partition coefficient (Wildman–Crippen LogP) is 2.84. The van der Waals surface area contributed by atoms with E-state index in [0.29, 0.717) is 69.6 Å². The number of amides is 2. The minimum absolute atomic E-state index is 0.0922. The van der Waals surface area contributed by atoms with Crippen molar-refractivity contribution in [3.05, 3.63) is 70.8 Å². The summed E-state index contributed by atoms with van der Waals surface area (Å²) in [5.74, 6) is -0.231. The Kier molecular flexibility index (Phi) is 9.56. The fraction of sp³-hybridized carbons (Fsp3) is 0.483. The van der Waals surface area contributed by atoms with Gasteiger partial charge in [0.05, 0.1) is 12.2 Å². The highest BCUT2D eigenvalue weighted by Gasteiger charge is 2.29. The molecule has 11 nitrogen and oxygen atoms in total. The van der Waals surface area contributed by atoms with Gasteiger partial charge in [0.15, 0.2) is 12.3 Å². The summed E-state index contributed by atoms with van der Waals surface area (Å²) in [5, 5.41) is 11.3. The van der Waals surface area contributed by atoms with Crippen molar-refractivity contribution >= 4 is 11.8 Å². The summed E-state index contributed by atoms with van der Waals surface area (Å²) in [6.07, 6.45) is -1.17. The summed E-state index contributed by atoms with van der Waals surface area (Å²) in [7, 11) is 0. The predicted molar refractivity (Wildman–Crippen MR) is 149 cm³/mol. The van der Waals surface area contributed by atoms with E-state index in [-0.39, 0.29) is 23.6 Å². The van der Waals surface area contributed by atoms with Gasteiger partial charge in [-0.05, 0) is 49.1 Å². The van der Waals surface area contributed by atoms with Crippen LogP contribution < -0.4 is 10.1 Å². The lowest BCUT2D eigenvalue weighted by molar-refractivity contribution is -0.153. The van der Waals surface area contributed by atoms with Gasteiger partial charge in [0, 0.05) is 58.2 Å². The molecule has 0 aliphatic carbocycles. The number of hydrogen-bond acceptors (Lipinski definition) is 8. The molecule has 0 radical (unpaired) electrons. The quantitative estimate of drug-likeness (QED) is 0.399. The van der Waals surface area contributed by atoms with Gasteiger partial charge in [-0.3, -0.25) is 19.5 Å². The SMILES string of the molecule is Cc1c(C(=O)N2CCN(Cc3ccc(OCC(F)(F)F)cc3)CC2)nnn1Cc1ccc(C(=O)NC2CCOCC2)nc1. The summed E-state index contributed by atoms with van der Waals surface area (Å²) < 4.78 is 48.8. The normalized spacial score (nSPS) is 16.7. The van der Waals surface area contributed by atoms with Crippen LogP contribution in [0.2, 0.25) is 0 Å². The second-order valence-corrected chi connectivity index (χ2v) is 10.7.